The third kappa shape index (κ3) is 5.85. The van der Waals surface area contributed by atoms with Gasteiger partial charge in [-0.15, -0.1) is 0 Å². The van der Waals surface area contributed by atoms with E-state index in [2.05, 4.69) is 49.3 Å². The minimum absolute atomic E-state index is 0.391. The summed E-state index contributed by atoms with van der Waals surface area (Å²) >= 11 is 0. The van der Waals surface area contributed by atoms with Gasteiger partial charge in [0.25, 0.3) is 0 Å². The zero-order valence-electron chi connectivity index (χ0n) is 23.1. The largest absolute Gasteiger partial charge is 0.493 e. The maximum atomic E-state index is 12.8. The predicted molar refractivity (Wildman–Crippen MR) is 158 cm³/mol. The van der Waals surface area contributed by atoms with Crippen LogP contribution in [0.3, 0.4) is 0 Å². The summed E-state index contributed by atoms with van der Waals surface area (Å²) in [6, 6.07) is 28.6. The highest BCUT2D eigenvalue weighted by molar-refractivity contribution is 5.84. The monoisotopic (exact) mass is 522 g/mol. The number of rotatable bonds is 11. The van der Waals surface area contributed by atoms with Gasteiger partial charge >= 0.3 is 0 Å². The van der Waals surface area contributed by atoms with Crippen molar-refractivity contribution in [2.24, 2.45) is 0 Å². The molecule has 4 aromatic rings. The highest BCUT2D eigenvalue weighted by Gasteiger charge is 2.42. The number of nitrogens with zero attached hydrogens (tertiary/aromatic N) is 2. The van der Waals surface area contributed by atoms with E-state index < -0.39 is 11.5 Å². The van der Waals surface area contributed by atoms with Gasteiger partial charge in [-0.05, 0) is 81.4 Å². The fourth-order valence-corrected chi connectivity index (χ4v) is 5.68. The lowest BCUT2D eigenvalue weighted by molar-refractivity contribution is 0.00678. The first-order valence-corrected chi connectivity index (χ1v) is 13.8. The molecular formula is C34H38N2O3. The molecule has 1 N–H and O–H groups in total. The summed E-state index contributed by atoms with van der Waals surface area (Å²) in [7, 11) is 5.83. The highest BCUT2D eigenvalue weighted by atomic mass is 16.5. The maximum absolute atomic E-state index is 12.8. The Bertz CT molecular complexity index is 1420. The van der Waals surface area contributed by atoms with Gasteiger partial charge in [0.05, 0.1) is 19.2 Å². The molecule has 0 fully saturated rings. The average molecular weight is 523 g/mol. The summed E-state index contributed by atoms with van der Waals surface area (Å²) in [6.07, 6.45) is 5.54. The van der Waals surface area contributed by atoms with Crippen molar-refractivity contribution < 1.29 is 14.6 Å². The molecule has 1 aliphatic heterocycles. The van der Waals surface area contributed by atoms with E-state index >= 15 is 0 Å². The number of methoxy groups -OCH3 is 1. The molecule has 0 saturated heterocycles. The zero-order valence-corrected chi connectivity index (χ0v) is 23.1. The van der Waals surface area contributed by atoms with E-state index in [0.717, 1.165) is 64.7 Å². The summed E-state index contributed by atoms with van der Waals surface area (Å²) < 4.78 is 11.7. The number of aromatic nitrogens is 1. The minimum Gasteiger partial charge on any atom is -0.493 e. The van der Waals surface area contributed by atoms with Crippen molar-refractivity contribution in [1.82, 2.24) is 9.88 Å². The van der Waals surface area contributed by atoms with Crippen LogP contribution in [0.4, 0.5) is 0 Å². The van der Waals surface area contributed by atoms with Crippen molar-refractivity contribution in [1.29, 1.82) is 0 Å². The molecule has 2 unspecified atom stereocenters. The molecule has 202 valence electrons. The molecule has 5 rings (SSSR count). The second kappa shape index (κ2) is 12.0. The molecule has 1 aromatic heterocycles. The standard InChI is InChI=1S/C34H38N2O3/c1-36(2)21-11-10-20-34(37,28-15-8-5-9-16-28)32(25-13-6-4-7-14-25)29-24-27-23-26(31-17-12-22-39-31)18-19-30(27)35-33(29)38-3/h4-9,13-19,23-24,32,37H,10-12,20-22H2,1-3H3. The summed E-state index contributed by atoms with van der Waals surface area (Å²) in [5, 5.41) is 13.8. The summed E-state index contributed by atoms with van der Waals surface area (Å²) in [5.74, 6) is 1.05. The highest BCUT2D eigenvalue weighted by Crippen LogP contribution is 2.48. The Labute approximate surface area is 231 Å². The molecule has 0 aliphatic carbocycles. The summed E-state index contributed by atoms with van der Waals surface area (Å²) in [6.45, 7) is 1.69. The van der Waals surface area contributed by atoms with E-state index in [1.54, 1.807) is 7.11 Å². The molecule has 0 radical (unpaired) electrons. The molecule has 0 spiro atoms. The van der Waals surface area contributed by atoms with E-state index in [4.69, 9.17) is 14.5 Å². The molecular weight excluding hydrogens is 484 g/mol. The Morgan fingerprint density at radius 3 is 2.38 bits per heavy atom. The van der Waals surface area contributed by atoms with Crippen LogP contribution in [0.25, 0.3) is 16.7 Å². The van der Waals surface area contributed by atoms with Crippen molar-refractivity contribution in [3.63, 3.8) is 0 Å². The van der Waals surface area contributed by atoms with E-state index in [1.807, 2.05) is 60.7 Å². The fraction of sp³-hybridized carbons (Fsp3) is 0.324. The molecule has 39 heavy (non-hydrogen) atoms. The van der Waals surface area contributed by atoms with Crippen LogP contribution in [0.5, 0.6) is 5.88 Å². The molecule has 3 aromatic carbocycles. The molecule has 0 saturated carbocycles. The molecule has 0 amide bonds. The summed E-state index contributed by atoms with van der Waals surface area (Å²) in [5.41, 5.74) is 3.49. The normalized spacial score (nSPS) is 15.6. The van der Waals surface area contributed by atoms with Crippen LogP contribution in [-0.4, -0.2) is 49.3 Å². The molecule has 5 nitrogen and oxygen atoms in total. The molecule has 2 atom stereocenters. The van der Waals surface area contributed by atoms with Gasteiger partial charge in [0.1, 0.15) is 11.4 Å². The first-order valence-electron chi connectivity index (χ1n) is 13.8. The lowest BCUT2D eigenvalue weighted by Crippen LogP contribution is -2.35. The summed E-state index contributed by atoms with van der Waals surface area (Å²) in [4.78, 5) is 7.12. The van der Waals surface area contributed by atoms with Gasteiger partial charge in [0, 0.05) is 28.9 Å². The van der Waals surface area contributed by atoms with Crippen LogP contribution in [-0.2, 0) is 10.3 Å². The van der Waals surface area contributed by atoms with Crippen LogP contribution in [0.15, 0.2) is 91.0 Å². The molecule has 2 heterocycles. The van der Waals surface area contributed by atoms with Gasteiger partial charge in [-0.1, -0.05) is 60.7 Å². The Morgan fingerprint density at radius 2 is 1.72 bits per heavy atom. The van der Waals surface area contributed by atoms with Gasteiger partial charge in [0.2, 0.25) is 5.88 Å². The third-order valence-corrected chi connectivity index (χ3v) is 7.60. The second-order valence-electron chi connectivity index (χ2n) is 10.6. The molecule has 0 bridgehead atoms. The Hall–Kier alpha value is -3.67. The number of pyridine rings is 1. The van der Waals surface area contributed by atoms with E-state index in [9.17, 15) is 5.11 Å². The topological polar surface area (TPSA) is 54.8 Å². The Morgan fingerprint density at radius 1 is 0.974 bits per heavy atom. The number of hydrogen-bond donors (Lipinski definition) is 1. The number of hydrogen-bond acceptors (Lipinski definition) is 5. The van der Waals surface area contributed by atoms with Crippen LogP contribution in [0, 0.1) is 0 Å². The van der Waals surface area contributed by atoms with Crippen molar-refractivity contribution in [2.75, 3.05) is 34.4 Å². The minimum atomic E-state index is -1.17. The Kier molecular flexibility index (Phi) is 8.30. The van der Waals surface area contributed by atoms with E-state index in [0.29, 0.717) is 18.9 Å². The maximum Gasteiger partial charge on any atom is 0.217 e. The van der Waals surface area contributed by atoms with Crippen LogP contribution in [0.1, 0.15) is 53.9 Å². The first kappa shape index (κ1) is 26.9. The Balaban J connectivity index is 1.68. The van der Waals surface area contributed by atoms with E-state index in [-0.39, 0.29) is 0 Å². The molecule has 1 aliphatic rings. The average Bonchev–Trinajstić information content (AvgIpc) is 3.51. The van der Waals surface area contributed by atoms with E-state index in [1.165, 1.54) is 0 Å². The number of benzene rings is 3. The molecule has 5 heteroatoms. The van der Waals surface area contributed by atoms with Crippen molar-refractivity contribution in [3.8, 4) is 5.88 Å². The van der Waals surface area contributed by atoms with Gasteiger partial charge < -0.3 is 19.5 Å². The second-order valence-corrected chi connectivity index (χ2v) is 10.6. The van der Waals surface area contributed by atoms with Gasteiger partial charge in [0.15, 0.2) is 0 Å². The lowest BCUT2D eigenvalue weighted by atomic mass is 9.71. The van der Waals surface area contributed by atoms with Crippen LogP contribution in [0.2, 0.25) is 0 Å². The smallest absolute Gasteiger partial charge is 0.217 e. The SMILES string of the molecule is COc1nc2ccc(C3=CCCO3)cc2cc1C(c1ccccc1)C(O)(CCCCN(C)C)c1ccccc1. The zero-order chi connectivity index (χ0) is 27.2. The van der Waals surface area contributed by atoms with Crippen molar-refractivity contribution in [3.05, 3.63) is 113 Å². The van der Waals surface area contributed by atoms with Gasteiger partial charge in [-0.25, -0.2) is 4.98 Å². The van der Waals surface area contributed by atoms with Crippen molar-refractivity contribution >= 4 is 16.7 Å². The number of unbranched alkanes of at least 4 members (excludes halogenated alkanes) is 1. The van der Waals surface area contributed by atoms with Gasteiger partial charge in [-0.3, -0.25) is 0 Å². The quantitative estimate of drug-likeness (QED) is 0.221. The number of fused-ring (bicyclic) bond motifs is 1. The first-order chi connectivity index (χ1) is 19.0. The number of aliphatic hydroxyl groups is 1. The fourth-order valence-electron chi connectivity index (χ4n) is 5.68. The lowest BCUT2D eigenvalue weighted by Gasteiger charge is -2.38. The predicted octanol–water partition coefficient (Wildman–Crippen LogP) is 6.76. The van der Waals surface area contributed by atoms with Crippen LogP contribution < -0.4 is 4.74 Å². The van der Waals surface area contributed by atoms with Crippen LogP contribution >= 0.6 is 0 Å². The number of ether oxygens (including phenoxy) is 2. The third-order valence-electron chi connectivity index (χ3n) is 7.60. The van der Waals surface area contributed by atoms with Gasteiger partial charge in [-0.2, -0.15) is 0 Å². The van der Waals surface area contributed by atoms with Crippen molar-refractivity contribution in [2.45, 2.75) is 37.2 Å².